The van der Waals surface area contributed by atoms with Gasteiger partial charge in [-0.3, -0.25) is 9.59 Å². The second-order valence-corrected chi connectivity index (χ2v) is 8.21. The van der Waals surface area contributed by atoms with E-state index >= 15 is 0 Å². The highest BCUT2D eigenvalue weighted by Gasteiger charge is 2.66. The Morgan fingerprint density at radius 1 is 1.32 bits per heavy atom. The molecule has 7 nitrogen and oxygen atoms in total. The van der Waals surface area contributed by atoms with Gasteiger partial charge in [-0.15, -0.1) is 0 Å². The Kier molecular flexibility index (Phi) is 5.48. The van der Waals surface area contributed by atoms with Gasteiger partial charge in [0, 0.05) is 36.5 Å². The van der Waals surface area contributed by atoms with Crippen molar-refractivity contribution < 1.29 is 24.2 Å². The topological polar surface area (TPSA) is 105 Å². The number of fused-ring (bicyclic) bond motifs is 1. The number of hydrogen-bond donors (Lipinski definition) is 3. The van der Waals surface area contributed by atoms with Crippen molar-refractivity contribution in [2.24, 2.45) is 11.3 Å². The molecular weight excluding hydrogens is 360 g/mol. The Morgan fingerprint density at radius 3 is 2.68 bits per heavy atom. The van der Waals surface area contributed by atoms with Crippen molar-refractivity contribution in [3.05, 3.63) is 29.8 Å². The molecule has 0 radical (unpaired) electrons. The van der Waals surface area contributed by atoms with Gasteiger partial charge in [-0.25, -0.2) is 4.79 Å². The van der Waals surface area contributed by atoms with Gasteiger partial charge in [0.1, 0.15) is 5.54 Å². The van der Waals surface area contributed by atoms with Crippen molar-refractivity contribution in [2.45, 2.75) is 58.1 Å². The molecule has 3 unspecified atom stereocenters. The number of benzene rings is 1. The monoisotopic (exact) mass is 388 g/mol. The third-order valence-electron chi connectivity index (χ3n) is 6.31. The molecule has 2 amide bonds. The van der Waals surface area contributed by atoms with E-state index in [1.165, 1.54) is 0 Å². The summed E-state index contributed by atoms with van der Waals surface area (Å²) in [5, 5.41) is 15.4. The lowest BCUT2D eigenvalue weighted by atomic mass is 9.54. The highest BCUT2D eigenvalue weighted by molar-refractivity contribution is 5.96. The van der Waals surface area contributed by atoms with Crippen molar-refractivity contribution in [3.8, 4) is 0 Å². The third-order valence-corrected chi connectivity index (χ3v) is 6.31. The highest BCUT2D eigenvalue weighted by Crippen LogP contribution is 2.51. The molecule has 1 aromatic carbocycles. The molecule has 2 aliphatic rings. The summed E-state index contributed by atoms with van der Waals surface area (Å²) in [5.74, 6) is -1.80. The van der Waals surface area contributed by atoms with Crippen LogP contribution < -0.4 is 10.6 Å². The molecule has 1 aliphatic carbocycles. The number of hydrogen-bond acceptors (Lipinski definition) is 4. The summed E-state index contributed by atoms with van der Waals surface area (Å²) in [7, 11) is 0. The van der Waals surface area contributed by atoms with Gasteiger partial charge in [-0.1, -0.05) is 32.0 Å². The van der Waals surface area contributed by atoms with E-state index in [0.29, 0.717) is 19.4 Å². The number of carbonyl (C=O) groups excluding carboxylic acids is 2. The van der Waals surface area contributed by atoms with E-state index in [2.05, 4.69) is 10.6 Å². The SMILES string of the molecule is CCOC1CC(NC(=O)CCC2Cc3ccccc3NC2=O)(C(=O)O)C1(C)C. The number of carbonyl (C=O) groups is 3. The van der Waals surface area contributed by atoms with Gasteiger partial charge in [-0.05, 0) is 31.4 Å². The van der Waals surface area contributed by atoms with Gasteiger partial charge < -0.3 is 20.5 Å². The van der Waals surface area contributed by atoms with Crippen LogP contribution in [0, 0.1) is 11.3 Å². The lowest BCUT2D eigenvalue weighted by molar-refractivity contribution is -0.194. The molecule has 1 heterocycles. The zero-order chi connectivity index (χ0) is 20.5. The summed E-state index contributed by atoms with van der Waals surface area (Å²) in [6.45, 7) is 5.96. The first kappa shape index (κ1) is 20.3. The first-order valence-electron chi connectivity index (χ1n) is 9.76. The Hall–Kier alpha value is -2.41. The van der Waals surface area contributed by atoms with E-state index in [-0.39, 0.29) is 36.7 Å². The minimum Gasteiger partial charge on any atom is -0.479 e. The van der Waals surface area contributed by atoms with Gasteiger partial charge in [0.15, 0.2) is 0 Å². The maximum absolute atomic E-state index is 12.6. The Morgan fingerprint density at radius 2 is 2.04 bits per heavy atom. The van der Waals surface area contributed by atoms with Crippen molar-refractivity contribution >= 4 is 23.5 Å². The molecule has 7 heteroatoms. The normalized spacial score (nSPS) is 27.9. The molecule has 0 aromatic heterocycles. The van der Waals surface area contributed by atoms with Crippen LogP contribution >= 0.6 is 0 Å². The van der Waals surface area contributed by atoms with E-state index in [0.717, 1.165) is 11.3 Å². The Bertz CT molecular complexity index is 791. The van der Waals surface area contributed by atoms with Crippen LogP contribution in [0.15, 0.2) is 24.3 Å². The van der Waals surface area contributed by atoms with Crippen molar-refractivity contribution in [2.75, 3.05) is 11.9 Å². The molecule has 1 aromatic rings. The number of carboxylic acids is 1. The summed E-state index contributed by atoms with van der Waals surface area (Å²) in [6.07, 6.45) is 1.08. The standard InChI is InChI=1S/C21H28N2O5/c1-4-28-16-12-21(19(26)27,20(16,2)3)23-17(24)10-9-14-11-13-7-5-6-8-15(13)22-18(14)25/h5-8,14,16H,4,9-12H2,1-3H3,(H,22,25)(H,23,24)(H,26,27). The third kappa shape index (κ3) is 3.39. The van der Waals surface area contributed by atoms with Gasteiger partial charge in [0.2, 0.25) is 11.8 Å². The second kappa shape index (κ2) is 7.54. The largest absolute Gasteiger partial charge is 0.479 e. The fourth-order valence-electron chi connectivity index (χ4n) is 4.29. The van der Waals surface area contributed by atoms with Crippen molar-refractivity contribution in [1.82, 2.24) is 5.32 Å². The maximum Gasteiger partial charge on any atom is 0.330 e. The number of nitrogens with one attached hydrogen (secondary N) is 2. The number of anilines is 1. The minimum atomic E-state index is -1.34. The van der Waals surface area contributed by atoms with E-state index in [1.54, 1.807) is 13.8 Å². The molecule has 1 aliphatic heterocycles. The summed E-state index contributed by atoms with van der Waals surface area (Å²) in [6, 6.07) is 7.62. The second-order valence-electron chi connectivity index (χ2n) is 8.21. The summed E-state index contributed by atoms with van der Waals surface area (Å²) >= 11 is 0. The van der Waals surface area contributed by atoms with Gasteiger partial charge in [-0.2, -0.15) is 0 Å². The average molecular weight is 388 g/mol. The van der Waals surface area contributed by atoms with E-state index in [9.17, 15) is 19.5 Å². The van der Waals surface area contributed by atoms with Crippen LogP contribution in [0.25, 0.3) is 0 Å². The molecule has 3 N–H and O–H groups in total. The van der Waals surface area contributed by atoms with Crippen LogP contribution in [0.4, 0.5) is 5.69 Å². The van der Waals surface area contributed by atoms with Crippen LogP contribution in [0.3, 0.4) is 0 Å². The summed E-state index contributed by atoms with van der Waals surface area (Å²) in [4.78, 5) is 36.8. The number of para-hydroxylation sites is 1. The molecule has 3 atom stereocenters. The number of amides is 2. The zero-order valence-electron chi connectivity index (χ0n) is 16.6. The van der Waals surface area contributed by atoms with Gasteiger partial charge in [0.25, 0.3) is 0 Å². The van der Waals surface area contributed by atoms with Crippen molar-refractivity contribution in [3.63, 3.8) is 0 Å². The fraction of sp³-hybridized carbons (Fsp3) is 0.571. The lowest BCUT2D eigenvalue weighted by Crippen LogP contribution is -2.76. The zero-order valence-corrected chi connectivity index (χ0v) is 16.6. The smallest absolute Gasteiger partial charge is 0.330 e. The first-order chi connectivity index (χ1) is 13.2. The molecule has 3 rings (SSSR count). The van der Waals surface area contributed by atoms with Crippen LogP contribution in [-0.2, 0) is 25.5 Å². The molecule has 0 bridgehead atoms. The number of rotatable bonds is 7. The summed E-state index contributed by atoms with van der Waals surface area (Å²) < 4.78 is 5.62. The first-order valence-corrected chi connectivity index (χ1v) is 9.76. The number of aliphatic carboxylic acids is 1. The average Bonchev–Trinajstić information content (AvgIpc) is 2.65. The fourth-order valence-corrected chi connectivity index (χ4v) is 4.29. The van der Waals surface area contributed by atoms with Crippen LogP contribution in [-0.4, -0.2) is 41.1 Å². The van der Waals surface area contributed by atoms with Gasteiger partial charge >= 0.3 is 5.97 Å². The maximum atomic E-state index is 12.6. The van der Waals surface area contributed by atoms with E-state index < -0.39 is 16.9 Å². The molecule has 1 saturated carbocycles. The molecule has 0 saturated heterocycles. The lowest BCUT2D eigenvalue weighted by Gasteiger charge is -2.58. The number of ether oxygens (including phenoxy) is 1. The van der Waals surface area contributed by atoms with Crippen LogP contribution in [0.5, 0.6) is 0 Å². The molecular formula is C21H28N2O5. The minimum absolute atomic E-state index is 0.0974. The van der Waals surface area contributed by atoms with E-state index in [1.807, 2.05) is 31.2 Å². The van der Waals surface area contributed by atoms with E-state index in [4.69, 9.17) is 4.74 Å². The molecule has 28 heavy (non-hydrogen) atoms. The predicted molar refractivity (Wildman–Crippen MR) is 104 cm³/mol. The van der Waals surface area contributed by atoms with Crippen LogP contribution in [0.2, 0.25) is 0 Å². The highest BCUT2D eigenvalue weighted by atomic mass is 16.5. The predicted octanol–water partition coefficient (Wildman–Crippen LogP) is 2.35. The van der Waals surface area contributed by atoms with Crippen LogP contribution in [0.1, 0.15) is 45.6 Å². The Labute approximate surface area is 164 Å². The molecule has 1 fully saturated rings. The van der Waals surface area contributed by atoms with Crippen molar-refractivity contribution in [1.29, 1.82) is 0 Å². The number of carboxylic acid groups (broad SMARTS) is 1. The quantitative estimate of drug-likeness (QED) is 0.665. The van der Waals surface area contributed by atoms with Gasteiger partial charge in [0.05, 0.1) is 6.10 Å². The molecule has 0 spiro atoms. The Balaban J connectivity index is 1.61. The molecule has 152 valence electrons. The summed E-state index contributed by atoms with van der Waals surface area (Å²) in [5.41, 5.74) is -0.192.